The van der Waals surface area contributed by atoms with Gasteiger partial charge in [0.1, 0.15) is 24.1 Å². The van der Waals surface area contributed by atoms with Crippen molar-refractivity contribution in [2.45, 2.75) is 82.5 Å². The zero-order valence-corrected chi connectivity index (χ0v) is 25.7. The van der Waals surface area contributed by atoms with Gasteiger partial charge in [0.2, 0.25) is 0 Å². The van der Waals surface area contributed by atoms with E-state index < -0.39 is 17.6 Å². The zero-order chi connectivity index (χ0) is 30.4. The molecule has 2 aromatic carbocycles. The minimum absolute atomic E-state index is 0.0889. The molecule has 0 radical (unpaired) electrons. The van der Waals surface area contributed by atoms with Gasteiger partial charge in [-0.05, 0) is 93.2 Å². The van der Waals surface area contributed by atoms with Gasteiger partial charge in [0, 0.05) is 42.4 Å². The molecule has 0 unspecified atom stereocenters. The van der Waals surface area contributed by atoms with Crippen LogP contribution >= 0.6 is 0 Å². The summed E-state index contributed by atoms with van der Waals surface area (Å²) in [6, 6.07) is 5.95. The van der Waals surface area contributed by atoms with E-state index >= 15 is 4.39 Å². The molecule has 232 valence electrons. The van der Waals surface area contributed by atoms with Gasteiger partial charge in [0.05, 0.1) is 22.9 Å². The summed E-state index contributed by atoms with van der Waals surface area (Å²) in [4.78, 5) is 13.7. The summed E-state index contributed by atoms with van der Waals surface area (Å²) in [6.45, 7) is 8.76. The SMILES string of the molecule is Cc1cc2[nH]ncc2c(-c2ccc3c(N4CCC[C@@](C)(O)C4)nc(OC[C@@]45CCCN4C[C@H](F)C5)nc3c2F)c1[C@H]1C[C@H]1C. The fourth-order valence-corrected chi connectivity index (χ4v) is 8.41. The molecule has 4 aliphatic rings. The van der Waals surface area contributed by atoms with Crippen LogP contribution in [-0.2, 0) is 0 Å². The van der Waals surface area contributed by atoms with Gasteiger partial charge in [0.15, 0.2) is 5.82 Å². The second-order valence-corrected chi connectivity index (χ2v) is 14.2. The van der Waals surface area contributed by atoms with Gasteiger partial charge >= 0.3 is 6.01 Å². The number of hydrogen-bond donors (Lipinski definition) is 2. The molecule has 8 nitrogen and oxygen atoms in total. The lowest BCUT2D eigenvalue weighted by atomic mass is 9.88. The highest BCUT2D eigenvalue weighted by Gasteiger charge is 2.49. The number of nitrogens with one attached hydrogen (secondary N) is 1. The number of rotatable bonds is 6. The lowest BCUT2D eigenvalue weighted by Crippen LogP contribution is -2.46. The Morgan fingerprint density at radius 2 is 1.98 bits per heavy atom. The van der Waals surface area contributed by atoms with E-state index in [1.54, 1.807) is 6.20 Å². The smallest absolute Gasteiger partial charge is 0.319 e. The van der Waals surface area contributed by atoms with E-state index in [1.165, 1.54) is 5.56 Å². The Kier molecular flexibility index (Phi) is 6.44. The molecule has 1 aliphatic carbocycles. The predicted octanol–water partition coefficient (Wildman–Crippen LogP) is 6.05. The molecule has 2 N–H and O–H groups in total. The number of fused-ring (bicyclic) bond motifs is 3. The average Bonchev–Trinajstić information content (AvgIpc) is 3.26. The molecule has 8 rings (SSSR count). The van der Waals surface area contributed by atoms with E-state index in [0.717, 1.165) is 54.3 Å². The summed E-state index contributed by atoms with van der Waals surface area (Å²) < 4.78 is 37.8. The molecule has 4 aromatic rings. The largest absolute Gasteiger partial charge is 0.461 e. The Labute approximate surface area is 255 Å². The molecule has 5 atom stereocenters. The summed E-state index contributed by atoms with van der Waals surface area (Å²) in [6.07, 6.45) is 5.75. The molecular formula is C34H40F2N6O2. The van der Waals surface area contributed by atoms with Crippen LogP contribution in [0.1, 0.15) is 69.4 Å². The normalized spacial score (nSPS) is 30.4. The number of ether oxygens (including phenoxy) is 1. The molecular weight excluding hydrogens is 562 g/mol. The van der Waals surface area contributed by atoms with Crippen molar-refractivity contribution in [1.29, 1.82) is 0 Å². The lowest BCUT2D eigenvalue weighted by Gasteiger charge is -2.38. The number of halogens is 2. The van der Waals surface area contributed by atoms with Crippen molar-refractivity contribution in [3.63, 3.8) is 0 Å². The molecule has 3 aliphatic heterocycles. The molecule has 2 aromatic heterocycles. The second-order valence-electron chi connectivity index (χ2n) is 14.2. The van der Waals surface area contributed by atoms with Crippen molar-refractivity contribution in [2.24, 2.45) is 5.92 Å². The maximum atomic E-state index is 17.1. The van der Waals surface area contributed by atoms with E-state index in [-0.39, 0.29) is 23.7 Å². The van der Waals surface area contributed by atoms with Crippen LogP contribution in [0.2, 0.25) is 0 Å². The number of alkyl halides is 1. The Morgan fingerprint density at radius 1 is 1.16 bits per heavy atom. The van der Waals surface area contributed by atoms with Crippen molar-refractivity contribution >= 4 is 27.6 Å². The van der Waals surface area contributed by atoms with E-state index in [2.05, 4.69) is 35.0 Å². The van der Waals surface area contributed by atoms with E-state index in [9.17, 15) is 9.50 Å². The summed E-state index contributed by atoms with van der Waals surface area (Å²) in [5.41, 5.74) is 3.45. The minimum atomic E-state index is -0.886. The summed E-state index contributed by atoms with van der Waals surface area (Å²) in [5, 5.41) is 19.8. The fraction of sp³-hybridized carbons (Fsp3) is 0.559. The maximum absolute atomic E-state index is 17.1. The van der Waals surface area contributed by atoms with Gasteiger partial charge < -0.3 is 14.7 Å². The van der Waals surface area contributed by atoms with Crippen LogP contribution in [0.4, 0.5) is 14.6 Å². The first-order valence-electron chi connectivity index (χ1n) is 16.1. The van der Waals surface area contributed by atoms with E-state index in [1.807, 2.05) is 24.0 Å². The molecule has 1 saturated carbocycles. The third-order valence-corrected chi connectivity index (χ3v) is 10.7. The van der Waals surface area contributed by atoms with Gasteiger partial charge in [0.25, 0.3) is 0 Å². The van der Waals surface area contributed by atoms with Crippen molar-refractivity contribution < 1.29 is 18.6 Å². The van der Waals surface area contributed by atoms with Crippen LogP contribution in [0.25, 0.3) is 32.9 Å². The number of anilines is 1. The number of nitrogens with zero attached hydrogens (tertiary/aromatic N) is 5. The quantitative estimate of drug-likeness (QED) is 0.278. The summed E-state index contributed by atoms with van der Waals surface area (Å²) in [7, 11) is 0. The number of β-amino-alcohol motifs (C(OH)–C–C–N with tert-alkyl or cyclic N) is 1. The van der Waals surface area contributed by atoms with Crippen LogP contribution in [0.5, 0.6) is 6.01 Å². The Hall–Kier alpha value is -3.37. The lowest BCUT2D eigenvalue weighted by molar-refractivity contribution is 0.0447. The number of aliphatic hydroxyl groups is 1. The monoisotopic (exact) mass is 602 g/mol. The number of aryl methyl sites for hydroxylation is 1. The molecule has 0 spiro atoms. The van der Waals surface area contributed by atoms with Gasteiger partial charge in [-0.1, -0.05) is 13.0 Å². The van der Waals surface area contributed by atoms with Gasteiger partial charge in [-0.15, -0.1) is 0 Å². The molecule has 3 saturated heterocycles. The van der Waals surface area contributed by atoms with Crippen molar-refractivity contribution in [1.82, 2.24) is 25.1 Å². The molecule has 0 bridgehead atoms. The first-order chi connectivity index (χ1) is 21.1. The number of hydrogen-bond acceptors (Lipinski definition) is 7. The minimum Gasteiger partial charge on any atom is -0.461 e. The molecule has 44 heavy (non-hydrogen) atoms. The molecule has 10 heteroatoms. The zero-order valence-electron chi connectivity index (χ0n) is 25.7. The van der Waals surface area contributed by atoms with E-state index in [0.29, 0.717) is 61.1 Å². The van der Waals surface area contributed by atoms with Gasteiger partial charge in [-0.2, -0.15) is 15.1 Å². The highest BCUT2D eigenvalue weighted by Crippen LogP contribution is 2.53. The number of benzene rings is 2. The maximum Gasteiger partial charge on any atom is 0.319 e. The van der Waals surface area contributed by atoms with Gasteiger partial charge in [-0.25, -0.2) is 8.78 Å². The van der Waals surface area contributed by atoms with Gasteiger partial charge in [-0.3, -0.25) is 10.00 Å². The number of aromatic amines is 1. The standard InChI is InChI=1S/C34H40F2N6O2/c1-19-12-24(19)27-20(2)13-26-25(15-37-40-26)28(27)22-6-7-23-30(29(22)36)38-32(39-31(23)41-10-4-8-33(3,43)17-41)44-18-34-9-5-11-42(34)16-21(35)14-34/h6-7,13,15,19,21,24,43H,4-5,8-12,14,16-18H2,1-3H3,(H,37,40)/t19-,21-,24+,33-,34+/m1/s1. The third-order valence-electron chi connectivity index (χ3n) is 10.7. The van der Waals surface area contributed by atoms with Crippen LogP contribution in [0.15, 0.2) is 24.4 Å². The first kappa shape index (κ1) is 28.1. The Balaban J connectivity index is 1.28. The van der Waals surface area contributed by atoms with Crippen molar-refractivity contribution in [3.8, 4) is 17.1 Å². The Bertz CT molecular complexity index is 1770. The number of H-pyrrole nitrogens is 1. The predicted molar refractivity (Wildman–Crippen MR) is 166 cm³/mol. The van der Waals surface area contributed by atoms with Crippen molar-refractivity contribution in [2.75, 3.05) is 37.7 Å². The highest BCUT2D eigenvalue weighted by atomic mass is 19.1. The fourth-order valence-electron chi connectivity index (χ4n) is 8.41. The van der Waals surface area contributed by atoms with Crippen molar-refractivity contribution in [3.05, 3.63) is 41.3 Å². The molecule has 5 heterocycles. The summed E-state index contributed by atoms with van der Waals surface area (Å²) in [5.74, 6) is 1.04. The number of aromatic nitrogens is 4. The topological polar surface area (TPSA) is 90.4 Å². The van der Waals surface area contributed by atoms with E-state index in [4.69, 9.17) is 14.7 Å². The Morgan fingerprint density at radius 3 is 2.77 bits per heavy atom. The van der Waals surface area contributed by atoms with Crippen LogP contribution in [0.3, 0.4) is 0 Å². The van der Waals surface area contributed by atoms with Crippen LogP contribution in [-0.4, -0.2) is 80.3 Å². The van der Waals surface area contributed by atoms with Crippen LogP contribution < -0.4 is 9.64 Å². The molecule has 0 amide bonds. The average molecular weight is 603 g/mol. The second kappa shape index (κ2) is 10.1. The molecule has 4 fully saturated rings. The first-order valence-corrected chi connectivity index (χ1v) is 16.1. The highest BCUT2D eigenvalue weighted by molar-refractivity contribution is 6.01. The van der Waals surface area contributed by atoms with Crippen LogP contribution in [0, 0.1) is 18.7 Å². The summed E-state index contributed by atoms with van der Waals surface area (Å²) >= 11 is 0. The third kappa shape index (κ3) is 4.55. The number of piperidine rings is 1.